The Hall–Kier alpha value is -3.59. The summed E-state index contributed by atoms with van der Waals surface area (Å²) >= 11 is 5.95. The molecule has 0 aromatic heterocycles. The molecule has 2 amide bonds. The maximum atomic E-state index is 12.6. The average molecular weight is 449 g/mol. The molecule has 0 unspecified atom stereocenters. The van der Waals surface area contributed by atoms with Gasteiger partial charge in [-0.3, -0.25) is 9.59 Å². The van der Waals surface area contributed by atoms with Gasteiger partial charge in [0.2, 0.25) is 0 Å². The molecule has 3 rings (SSSR count). The topological polar surface area (TPSA) is 124 Å². The van der Waals surface area contributed by atoms with Crippen LogP contribution in [0, 0.1) is 0 Å². The average Bonchev–Trinajstić information content (AvgIpc) is 2.78. The maximum Gasteiger partial charge on any atom is 0.414 e. The van der Waals surface area contributed by atoms with Crippen LogP contribution in [0.4, 0.5) is 0 Å². The number of halogens is 1. The molecule has 10 heteroatoms. The van der Waals surface area contributed by atoms with Crippen molar-refractivity contribution in [1.82, 2.24) is 9.80 Å². The maximum absolute atomic E-state index is 12.6. The molecule has 0 saturated carbocycles. The summed E-state index contributed by atoms with van der Waals surface area (Å²) in [5.74, 6) is -3.10. The molecule has 31 heavy (non-hydrogen) atoms. The second-order valence-electron chi connectivity index (χ2n) is 6.44. The summed E-state index contributed by atoms with van der Waals surface area (Å²) in [4.78, 5) is 46.8. The minimum Gasteiger partial charge on any atom is -0.497 e. The highest BCUT2D eigenvalue weighted by molar-refractivity contribution is 6.31. The molecule has 1 saturated heterocycles. The first-order valence-corrected chi connectivity index (χ1v) is 9.55. The first-order valence-electron chi connectivity index (χ1n) is 9.17. The molecule has 2 N–H and O–H groups in total. The minimum atomic E-state index is -1.82. The number of nitrogens with zero attached hydrogens (tertiary/aromatic N) is 2. The number of hydrogen-bond donors (Lipinski definition) is 2. The molecular formula is C21H21ClN2O7. The zero-order chi connectivity index (χ0) is 23.0. The Balaban J connectivity index is 0.000000501. The van der Waals surface area contributed by atoms with E-state index in [4.69, 9.17) is 36.1 Å². The normalized spacial score (nSPS) is 13.0. The number of hydrogen-bond acceptors (Lipinski definition) is 5. The molecule has 2 aromatic carbocycles. The van der Waals surface area contributed by atoms with Crippen LogP contribution in [-0.2, 0) is 9.59 Å². The molecule has 9 nitrogen and oxygen atoms in total. The fraction of sp³-hybridized carbons (Fsp3) is 0.238. The molecule has 1 fully saturated rings. The lowest BCUT2D eigenvalue weighted by atomic mass is 10.1. The molecule has 0 aliphatic carbocycles. The number of methoxy groups -OCH3 is 1. The number of benzene rings is 2. The van der Waals surface area contributed by atoms with Crippen molar-refractivity contribution in [2.24, 2.45) is 0 Å². The van der Waals surface area contributed by atoms with Crippen LogP contribution in [0.5, 0.6) is 5.75 Å². The predicted molar refractivity (Wildman–Crippen MR) is 112 cm³/mol. The van der Waals surface area contributed by atoms with Gasteiger partial charge < -0.3 is 24.7 Å². The number of carbonyl (C=O) groups excluding carboxylic acids is 2. The van der Waals surface area contributed by atoms with Crippen LogP contribution in [0.15, 0.2) is 48.5 Å². The highest BCUT2D eigenvalue weighted by Crippen LogP contribution is 2.17. The lowest BCUT2D eigenvalue weighted by Crippen LogP contribution is -2.50. The third-order valence-corrected chi connectivity index (χ3v) is 4.66. The van der Waals surface area contributed by atoms with Crippen molar-refractivity contribution in [1.29, 1.82) is 0 Å². The van der Waals surface area contributed by atoms with Gasteiger partial charge in [-0.05, 0) is 36.4 Å². The van der Waals surface area contributed by atoms with Crippen molar-refractivity contribution >= 4 is 35.4 Å². The van der Waals surface area contributed by atoms with E-state index in [0.717, 1.165) is 0 Å². The number of ether oxygens (including phenoxy) is 1. The van der Waals surface area contributed by atoms with Crippen LogP contribution in [0.25, 0.3) is 0 Å². The molecule has 0 bridgehead atoms. The van der Waals surface area contributed by atoms with Gasteiger partial charge in [0, 0.05) is 42.3 Å². The summed E-state index contributed by atoms with van der Waals surface area (Å²) < 4.78 is 5.17. The van der Waals surface area contributed by atoms with Crippen LogP contribution < -0.4 is 4.74 Å². The van der Waals surface area contributed by atoms with Crippen molar-refractivity contribution in [3.8, 4) is 5.75 Å². The molecule has 0 atom stereocenters. The van der Waals surface area contributed by atoms with E-state index in [1.54, 1.807) is 65.4 Å². The number of carboxylic acids is 2. The van der Waals surface area contributed by atoms with Gasteiger partial charge in [-0.2, -0.15) is 0 Å². The summed E-state index contributed by atoms with van der Waals surface area (Å²) in [5, 5.41) is 15.3. The van der Waals surface area contributed by atoms with Gasteiger partial charge in [-0.1, -0.05) is 23.7 Å². The minimum absolute atomic E-state index is 0.0474. The van der Waals surface area contributed by atoms with Crippen molar-refractivity contribution in [3.63, 3.8) is 0 Å². The van der Waals surface area contributed by atoms with Crippen LogP contribution in [0.3, 0.4) is 0 Å². The van der Waals surface area contributed by atoms with E-state index < -0.39 is 11.9 Å². The first kappa shape index (κ1) is 23.7. The summed E-state index contributed by atoms with van der Waals surface area (Å²) in [6, 6.07) is 14.0. The number of amides is 2. The predicted octanol–water partition coefficient (Wildman–Crippen LogP) is 2.10. The second kappa shape index (κ2) is 11.0. The Bertz CT molecular complexity index is 960. The van der Waals surface area contributed by atoms with Crippen LogP contribution in [0.1, 0.15) is 20.7 Å². The summed E-state index contributed by atoms with van der Waals surface area (Å²) in [5.41, 5.74) is 1.16. The van der Waals surface area contributed by atoms with E-state index in [1.165, 1.54) is 0 Å². The van der Waals surface area contributed by atoms with Gasteiger partial charge in [0.15, 0.2) is 0 Å². The molecule has 0 spiro atoms. The lowest BCUT2D eigenvalue weighted by molar-refractivity contribution is -0.159. The quantitative estimate of drug-likeness (QED) is 0.689. The number of piperazine rings is 1. The van der Waals surface area contributed by atoms with E-state index >= 15 is 0 Å². The Morgan fingerprint density at radius 1 is 0.806 bits per heavy atom. The smallest absolute Gasteiger partial charge is 0.414 e. The molecule has 1 aliphatic heterocycles. The van der Waals surface area contributed by atoms with Gasteiger partial charge in [0.05, 0.1) is 7.11 Å². The third-order valence-electron chi connectivity index (χ3n) is 4.43. The van der Waals surface area contributed by atoms with Crippen molar-refractivity contribution in [2.75, 3.05) is 33.3 Å². The highest BCUT2D eigenvalue weighted by Gasteiger charge is 2.25. The summed E-state index contributed by atoms with van der Waals surface area (Å²) in [6.45, 7) is 2.01. The largest absolute Gasteiger partial charge is 0.497 e. The van der Waals surface area contributed by atoms with Gasteiger partial charge in [0.25, 0.3) is 11.8 Å². The van der Waals surface area contributed by atoms with Crippen LogP contribution in [-0.4, -0.2) is 77.1 Å². The standard InChI is InChI=1S/C19H19ClN2O3.C2H2O4/c1-25-17-7-3-5-15(13-17)19(24)22-10-8-21(9-11-22)18(23)14-4-2-6-16(20)12-14;3-1(4)2(5)6/h2-7,12-13H,8-11H2,1H3;(H,3,4)(H,5,6). The Morgan fingerprint density at radius 3 is 1.68 bits per heavy atom. The molecule has 1 aliphatic rings. The number of carbonyl (C=O) groups is 4. The Labute approximate surface area is 183 Å². The summed E-state index contributed by atoms with van der Waals surface area (Å²) in [6.07, 6.45) is 0. The fourth-order valence-corrected chi connectivity index (χ4v) is 3.05. The summed E-state index contributed by atoms with van der Waals surface area (Å²) in [7, 11) is 1.57. The number of rotatable bonds is 3. The van der Waals surface area contributed by atoms with E-state index in [0.29, 0.717) is 48.1 Å². The van der Waals surface area contributed by atoms with Crippen molar-refractivity contribution < 1.29 is 34.1 Å². The van der Waals surface area contributed by atoms with Crippen molar-refractivity contribution in [2.45, 2.75) is 0 Å². The van der Waals surface area contributed by atoms with E-state index in [-0.39, 0.29) is 11.8 Å². The van der Waals surface area contributed by atoms with Gasteiger partial charge in [-0.15, -0.1) is 0 Å². The van der Waals surface area contributed by atoms with E-state index in [1.807, 2.05) is 0 Å². The Morgan fingerprint density at radius 2 is 1.26 bits per heavy atom. The second-order valence-corrected chi connectivity index (χ2v) is 6.87. The van der Waals surface area contributed by atoms with Crippen molar-refractivity contribution in [3.05, 3.63) is 64.7 Å². The zero-order valence-electron chi connectivity index (χ0n) is 16.7. The number of carboxylic acid groups (broad SMARTS) is 2. The fourth-order valence-electron chi connectivity index (χ4n) is 2.86. The van der Waals surface area contributed by atoms with Gasteiger partial charge >= 0.3 is 11.9 Å². The van der Waals surface area contributed by atoms with E-state index in [2.05, 4.69) is 0 Å². The molecule has 2 aromatic rings. The van der Waals surface area contributed by atoms with Crippen LogP contribution >= 0.6 is 11.6 Å². The zero-order valence-corrected chi connectivity index (χ0v) is 17.4. The number of aliphatic carboxylic acids is 2. The third kappa shape index (κ3) is 6.71. The monoisotopic (exact) mass is 448 g/mol. The SMILES string of the molecule is COc1cccc(C(=O)N2CCN(C(=O)c3cccc(Cl)c3)CC2)c1.O=C(O)C(=O)O. The lowest BCUT2D eigenvalue weighted by Gasteiger charge is -2.35. The van der Waals surface area contributed by atoms with Gasteiger partial charge in [0.1, 0.15) is 5.75 Å². The first-order chi connectivity index (χ1) is 14.7. The molecule has 164 valence electrons. The molecular weight excluding hydrogens is 428 g/mol. The molecule has 1 heterocycles. The molecule has 0 radical (unpaired) electrons. The van der Waals surface area contributed by atoms with Crippen LogP contribution in [0.2, 0.25) is 5.02 Å². The Kier molecular flexibility index (Phi) is 8.39. The van der Waals surface area contributed by atoms with E-state index in [9.17, 15) is 9.59 Å². The van der Waals surface area contributed by atoms with Gasteiger partial charge in [-0.25, -0.2) is 9.59 Å². The highest BCUT2D eigenvalue weighted by atomic mass is 35.5.